The van der Waals surface area contributed by atoms with Crippen LogP contribution in [0.15, 0.2) is 15.9 Å². The molecule has 0 bridgehead atoms. The third kappa shape index (κ3) is 2.52. The van der Waals surface area contributed by atoms with E-state index in [-0.39, 0.29) is 18.9 Å². The third-order valence-corrected chi connectivity index (χ3v) is 3.91. The maximum Gasteiger partial charge on any atom is 0.251 e. The molecular weight excluding hydrogens is 272 g/mol. The molecule has 0 spiro atoms. The van der Waals surface area contributed by atoms with Gasteiger partial charge in [-0.25, -0.2) is 8.78 Å². The minimum atomic E-state index is -2.42. The van der Waals surface area contributed by atoms with E-state index in [0.29, 0.717) is 6.54 Å². The van der Waals surface area contributed by atoms with Crippen LogP contribution in [0.1, 0.15) is 17.7 Å². The van der Waals surface area contributed by atoms with E-state index in [4.69, 9.17) is 0 Å². The topological polar surface area (TPSA) is 12.0 Å². The minimum Gasteiger partial charge on any atom is -0.309 e. The monoisotopic (exact) mass is 281 g/mol. The van der Waals surface area contributed by atoms with Crippen molar-refractivity contribution in [3.8, 4) is 0 Å². The first-order valence-electron chi connectivity index (χ1n) is 4.41. The molecule has 0 aliphatic heterocycles. The zero-order valence-corrected chi connectivity index (χ0v) is 9.80. The lowest BCUT2D eigenvalue weighted by Gasteiger charge is -2.35. The van der Waals surface area contributed by atoms with Gasteiger partial charge in [0.2, 0.25) is 0 Å². The summed E-state index contributed by atoms with van der Waals surface area (Å²) in [7, 11) is 0. The van der Waals surface area contributed by atoms with Crippen molar-refractivity contribution >= 4 is 27.3 Å². The van der Waals surface area contributed by atoms with E-state index in [1.54, 1.807) is 11.3 Å². The van der Waals surface area contributed by atoms with Gasteiger partial charge in [-0.1, -0.05) is 0 Å². The van der Waals surface area contributed by atoms with Crippen LogP contribution in [-0.2, 0) is 6.54 Å². The molecule has 1 heterocycles. The van der Waals surface area contributed by atoms with Crippen molar-refractivity contribution < 1.29 is 8.78 Å². The Morgan fingerprint density at radius 2 is 2.21 bits per heavy atom. The molecule has 0 atom stereocenters. The normalized spacial score (nSPS) is 20.8. The Morgan fingerprint density at radius 3 is 2.71 bits per heavy atom. The molecule has 78 valence electrons. The van der Waals surface area contributed by atoms with Gasteiger partial charge in [-0.05, 0) is 28.1 Å². The molecule has 1 aromatic rings. The summed E-state index contributed by atoms with van der Waals surface area (Å²) in [4.78, 5) is 1.17. The van der Waals surface area contributed by atoms with Gasteiger partial charge in [-0.15, -0.1) is 11.3 Å². The van der Waals surface area contributed by atoms with Crippen LogP contribution in [0, 0.1) is 0 Å². The fourth-order valence-electron chi connectivity index (χ4n) is 1.50. The van der Waals surface area contributed by atoms with E-state index in [2.05, 4.69) is 21.2 Å². The maximum atomic E-state index is 12.5. The quantitative estimate of drug-likeness (QED) is 0.896. The first-order chi connectivity index (χ1) is 6.55. The number of alkyl halides is 2. The zero-order chi connectivity index (χ0) is 10.2. The van der Waals surface area contributed by atoms with Crippen molar-refractivity contribution in [2.45, 2.75) is 31.4 Å². The lowest BCUT2D eigenvalue weighted by Crippen LogP contribution is -2.48. The molecule has 0 amide bonds. The summed E-state index contributed by atoms with van der Waals surface area (Å²) >= 11 is 4.99. The molecule has 0 saturated heterocycles. The van der Waals surface area contributed by atoms with Crippen molar-refractivity contribution in [1.29, 1.82) is 0 Å². The Kier molecular flexibility index (Phi) is 2.91. The minimum absolute atomic E-state index is 0.00845. The average Bonchev–Trinajstić information content (AvgIpc) is 2.44. The van der Waals surface area contributed by atoms with Crippen LogP contribution in [0.4, 0.5) is 8.78 Å². The average molecular weight is 282 g/mol. The highest BCUT2D eigenvalue weighted by Crippen LogP contribution is 2.37. The summed E-state index contributed by atoms with van der Waals surface area (Å²) in [5, 5.41) is 3.11. The predicted octanol–water partition coefficient (Wildman–Crippen LogP) is 3.40. The smallest absolute Gasteiger partial charge is 0.251 e. The van der Waals surface area contributed by atoms with Crippen molar-refractivity contribution in [1.82, 2.24) is 5.32 Å². The summed E-state index contributed by atoms with van der Waals surface area (Å²) in [6.07, 6.45) is -0.0287. The molecule has 1 aromatic heterocycles. The van der Waals surface area contributed by atoms with Crippen LogP contribution in [-0.4, -0.2) is 12.0 Å². The van der Waals surface area contributed by atoms with Crippen molar-refractivity contribution in [2.24, 2.45) is 0 Å². The van der Waals surface area contributed by atoms with Gasteiger partial charge >= 0.3 is 0 Å². The Labute approximate surface area is 93.6 Å². The van der Waals surface area contributed by atoms with E-state index in [0.717, 1.165) is 3.79 Å². The molecule has 1 N–H and O–H groups in total. The van der Waals surface area contributed by atoms with E-state index in [9.17, 15) is 8.78 Å². The van der Waals surface area contributed by atoms with Crippen LogP contribution in [0.25, 0.3) is 0 Å². The van der Waals surface area contributed by atoms with Gasteiger partial charge in [0, 0.05) is 30.3 Å². The number of hydrogen-bond donors (Lipinski definition) is 1. The molecular formula is C9H10BrF2NS. The maximum absolute atomic E-state index is 12.5. The molecule has 5 heteroatoms. The van der Waals surface area contributed by atoms with Crippen LogP contribution in [0.2, 0.25) is 0 Å². The van der Waals surface area contributed by atoms with Gasteiger partial charge in [0.15, 0.2) is 0 Å². The summed E-state index contributed by atoms with van der Waals surface area (Å²) in [5.74, 6) is -2.42. The van der Waals surface area contributed by atoms with Gasteiger partial charge in [0.25, 0.3) is 5.92 Å². The van der Waals surface area contributed by atoms with Gasteiger partial charge in [-0.3, -0.25) is 0 Å². The lowest BCUT2D eigenvalue weighted by molar-refractivity contribution is -0.0929. The Balaban J connectivity index is 1.74. The summed E-state index contributed by atoms with van der Waals surface area (Å²) in [5.41, 5.74) is 0. The van der Waals surface area contributed by atoms with Gasteiger partial charge in [0.1, 0.15) is 0 Å². The van der Waals surface area contributed by atoms with E-state index >= 15 is 0 Å². The number of thiophene rings is 1. The number of halogens is 3. The summed E-state index contributed by atoms with van der Waals surface area (Å²) in [6.45, 7) is 0.691. The van der Waals surface area contributed by atoms with Crippen molar-refractivity contribution in [3.63, 3.8) is 0 Å². The second kappa shape index (κ2) is 3.87. The Morgan fingerprint density at radius 1 is 1.50 bits per heavy atom. The molecule has 1 saturated carbocycles. The molecule has 0 radical (unpaired) electrons. The second-order valence-corrected chi connectivity index (χ2v) is 6.10. The number of rotatable bonds is 3. The standard InChI is InChI=1S/C9H10BrF2NS/c10-8-2-1-7(14-8)5-13-6-3-9(11,12)4-6/h1-2,6,13H,3-5H2. The molecule has 14 heavy (non-hydrogen) atoms. The van der Waals surface area contributed by atoms with Gasteiger partial charge in [-0.2, -0.15) is 0 Å². The molecule has 1 fully saturated rings. The van der Waals surface area contributed by atoms with E-state index < -0.39 is 5.92 Å². The molecule has 1 aliphatic rings. The molecule has 1 nitrogen and oxygen atoms in total. The molecule has 1 aliphatic carbocycles. The molecule has 0 unspecified atom stereocenters. The van der Waals surface area contributed by atoms with Gasteiger partial charge < -0.3 is 5.32 Å². The highest BCUT2D eigenvalue weighted by molar-refractivity contribution is 9.11. The number of hydrogen-bond acceptors (Lipinski definition) is 2. The fourth-order valence-corrected chi connectivity index (χ4v) is 2.93. The van der Waals surface area contributed by atoms with Crippen molar-refractivity contribution in [3.05, 3.63) is 20.8 Å². The second-order valence-electron chi connectivity index (χ2n) is 3.55. The first kappa shape index (κ1) is 10.5. The first-order valence-corrected chi connectivity index (χ1v) is 6.01. The Hall–Kier alpha value is -0.0000000000000000833. The van der Waals surface area contributed by atoms with Crippen LogP contribution >= 0.6 is 27.3 Å². The largest absolute Gasteiger partial charge is 0.309 e. The zero-order valence-electron chi connectivity index (χ0n) is 7.40. The number of nitrogens with one attached hydrogen (secondary N) is 1. The van der Waals surface area contributed by atoms with Crippen LogP contribution in [0.5, 0.6) is 0 Å². The highest BCUT2D eigenvalue weighted by Gasteiger charge is 2.44. The van der Waals surface area contributed by atoms with E-state index in [1.807, 2.05) is 12.1 Å². The molecule has 2 rings (SSSR count). The molecule has 0 aromatic carbocycles. The fraction of sp³-hybridized carbons (Fsp3) is 0.556. The summed E-state index contributed by atoms with van der Waals surface area (Å²) in [6, 6.07) is 3.96. The predicted molar refractivity (Wildman–Crippen MR) is 56.8 cm³/mol. The van der Waals surface area contributed by atoms with Crippen LogP contribution < -0.4 is 5.32 Å². The third-order valence-electron chi connectivity index (χ3n) is 2.28. The lowest BCUT2D eigenvalue weighted by atomic mass is 9.88. The van der Waals surface area contributed by atoms with Crippen molar-refractivity contribution in [2.75, 3.05) is 0 Å². The Bertz CT molecular complexity index is 318. The SMILES string of the molecule is FC1(F)CC(NCc2ccc(Br)s2)C1. The van der Waals surface area contributed by atoms with Gasteiger partial charge in [0.05, 0.1) is 3.79 Å². The highest BCUT2D eigenvalue weighted by atomic mass is 79.9. The van der Waals surface area contributed by atoms with E-state index in [1.165, 1.54) is 4.88 Å². The van der Waals surface area contributed by atoms with Crippen LogP contribution in [0.3, 0.4) is 0 Å². The summed E-state index contributed by atoms with van der Waals surface area (Å²) < 4.78 is 26.0.